The maximum Gasteiger partial charge on any atom is 0.163 e. The number of benzene rings is 1. The Kier molecular flexibility index (Phi) is 8.28. The van der Waals surface area contributed by atoms with Crippen molar-refractivity contribution in [3.05, 3.63) is 46.5 Å². The van der Waals surface area contributed by atoms with Gasteiger partial charge in [0.15, 0.2) is 9.84 Å². The van der Waals surface area contributed by atoms with Crippen LogP contribution in [0.25, 0.3) is 6.08 Å². The first-order chi connectivity index (χ1) is 13.3. The van der Waals surface area contributed by atoms with Crippen molar-refractivity contribution < 1.29 is 23.7 Å². The highest BCUT2D eigenvalue weighted by Gasteiger charge is 2.40. The second-order valence-electron chi connectivity index (χ2n) is 7.49. The first-order valence-electron chi connectivity index (χ1n) is 10.0. The molecule has 3 N–H and O–H groups in total. The summed E-state index contributed by atoms with van der Waals surface area (Å²) in [5.74, 6) is 0.168. The SMILES string of the molecule is CCCC1=C([C@H](O)CC/C(=C/c2ccc(O)cc2)CCC)[C@H](CO)S(=O)(=O)C1. The van der Waals surface area contributed by atoms with E-state index in [0.29, 0.717) is 24.8 Å². The molecule has 1 heterocycles. The predicted octanol–water partition coefficient (Wildman–Crippen LogP) is 3.60. The normalized spacial score (nSPS) is 20.6. The van der Waals surface area contributed by atoms with E-state index < -0.39 is 27.8 Å². The zero-order valence-corrected chi connectivity index (χ0v) is 17.6. The molecule has 0 bridgehead atoms. The minimum atomic E-state index is -3.43. The number of phenolic OH excluding ortho intramolecular Hbond substituents is 1. The van der Waals surface area contributed by atoms with Crippen LogP contribution in [0, 0.1) is 0 Å². The molecular weight excluding hydrogens is 376 g/mol. The number of rotatable bonds is 10. The zero-order chi connectivity index (χ0) is 20.7. The molecule has 156 valence electrons. The topological polar surface area (TPSA) is 94.8 Å². The van der Waals surface area contributed by atoms with Crippen LogP contribution in [0.5, 0.6) is 5.75 Å². The molecule has 0 amide bonds. The number of hydrogen-bond acceptors (Lipinski definition) is 5. The van der Waals surface area contributed by atoms with Gasteiger partial charge in [-0.15, -0.1) is 0 Å². The van der Waals surface area contributed by atoms with Crippen molar-refractivity contribution in [1.82, 2.24) is 0 Å². The lowest BCUT2D eigenvalue weighted by Gasteiger charge is -2.20. The van der Waals surface area contributed by atoms with E-state index >= 15 is 0 Å². The average molecular weight is 409 g/mol. The third-order valence-corrected chi connectivity index (χ3v) is 7.24. The van der Waals surface area contributed by atoms with Gasteiger partial charge >= 0.3 is 0 Å². The molecule has 0 saturated heterocycles. The fourth-order valence-corrected chi connectivity index (χ4v) is 5.84. The minimum Gasteiger partial charge on any atom is -0.508 e. The van der Waals surface area contributed by atoms with Crippen LogP contribution in [0.3, 0.4) is 0 Å². The molecule has 0 fully saturated rings. The maximum absolute atomic E-state index is 12.4. The maximum atomic E-state index is 12.4. The van der Waals surface area contributed by atoms with Crippen LogP contribution in [-0.4, -0.2) is 47.5 Å². The number of aliphatic hydroxyl groups is 2. The number of sulfone groups is 1. The number of aliphatic hydroxyl groups excluding tert-OH is 2. The van der Waals surface area contributed by atoms with E-state index in [1.165, 1.54) is 5.57 Å². The summed E-state index contributed by atoms with van der Waals surface area (Å²) in [6.45, 7) is 3.59. The molecule has 1 aliphatic rings. The first-order valence-corrected chi connectivity index (χ1v) is 11.7. The van der Waals surface area contributed by atoms with Gasteiger partial charge in [-0.05, 0) is 49.0 Å². The van der Waals surface area contributed by atoms with E-state index in [4.69, 9.17) is 0 Å². The van der Waals surface area contributed by atoms with E-state index in [2.05, 4.69) is 13.0 Å². The molecule has 6 heteroatoms. The lowest BCUT2D eigenvalue weighted by Crippen LogP contribution is -2.29. The highest BCUT2D eigenvalue weighted by molar-refractivity contribution is 7.92. The highest BCUT2D eigenvalue weighted by Crippen LogP contribution is 2.34. The van der Waals surface area contributed by atoms with E-state index in [0.717, 1.165) is 30.4 Å². The van der Waals surface area contributed by atoms with Crippen molar-refractivity contribution in [1.29, 1.82) is 0 Å². The Morgan fingerprint density at radius 1 is 1.18 bits per heavy atom. The molecule has 0 spiro atoms. The Balaban J connectivity index is 2.17. The lowest BCUT2D eigenvalue weighted by molar-refractivity contribution is 0.188. The summed E-state index contributed by atoms with van der Waals surface area (Å²) in [5, 5.41) is 28.9. The molecule has 2 atom stereocenters. The van der Waals surface area contributed by atoms with Crippen molar-refractivity contribution in [2.75, 3.05) is 12.4 Å². The number of allylic oxidation sites excluding steroid dienone is 1. The molecule has 28 heavy (non-hydrogen) atoms. The summed E-state index contributed by atoms with van der Waals surface area (Å²) in [5.41, 5.74) is 3.45. The summed E-state index contributed by atoms with van der Waals surface area (Å²) in [4.78, 5) is 0. The van der Waals surface area contributed by atoms with Crippen LogP contribution in [0.1, 0.15) is 57.9 Å². The van der Waals surface area contributed by atoms with Crippen LogP contribution in [0.2, 0.25) is 0 Å². The number of aromatic hydroxyl groups is 1. The largest absolute Gasteiger partial charge is 0.508 e. The van der Waals surface area contributed by atoms with Gasteiger partial charge in [0.25, 0.3) is 0 Å². The number of hydrogen-bond donors (Lipinski definition) is 3. The molecule has 1 aromatic rings. The lowest BCUT2D eigenvalue weighted by atomic mass is 9.92. The Morgan fingerprint density at radius 2 is 1.86 bits per heavy atom. The summed E-state index contributed by atoms with van der Waals surface area (Å²) >= 11 is 0. The molecule has 1 aliphatic heterocycles. The number of phenols is 1. The molecule has 1 aromatic carbocycles. The Hall–Kier alpha value is -1.63. The molecule has 0 saturated carbocycles. The first kappa shape index (κ1) is 22.7. The van der Waals surface area contributed by atoms with Crippen LogP contribution < -0.4 is 0 Å². The van der Waals surface area contributed by atoms with E-state index in [1.807, 2.05) is 19.1 Å². The molecule has 5 nitrogen and oxygen atoms in total. The molecule has 0 radical (unpaired) electrons. The quantitative estimate of drug-likeness (QED) is 0.514. The van der Waals surface area contributed by atoms with Crippen LogP contribution in [0.4, 0.5) is 0 Å². The van der Waals surface area contributed by atoms with Crippen molar-refractivity contribution >= 4 is 15.9 Å². The van der Waals surface area contributed by atoms with Gasteiger partial charge < -0.3 is 15.3 Å². The summed E-state index contributed by atoms with van der Waals surface area (Å²) < 4.78 is 24.7. The van der Waals surface area contributed by atoms with Gasteiger partial charge in [-0.2, -0.15) is 0 Å². The van der Waals surface area contributed by atoms with Crippen LogP contribution in [0.15, 0.2) is 41.0 Å². The third kappa shape index (κ3) is 5.69. The summed E-state index contributed by atoms with van der Waals surface area (Å²) in [6, 6.07) is 6.96. The molecular formula is C22H32O5S. The Bertz CT molecular complexity index is 806. The van der Waals surface area contributed by atoms with Gasteiger partial charge in [-0.3, -0.25) is 0 Å². The molecule has 0 aliphatic carbocycles. The van der Waals surface area contributed by atoms with Crippen LogP contribution >= 0.6 is 0 Å². The second-order valence-corrected chi connectivity index (χ2v) is 9.67. The van der Waals surface area contributed by atoms with Crippen molar-refractivity contribution in [2.45, 2.75) is 63.7 Å². The fourth-order valence-electron chi connectivity index (χ4n) is 3.90. The van der Waals surface area contributed by atoms with Gasteiger partial charge in [0.05, 0.1) is 18.5 Å². The standard InChI is InChI=1S/C22H32O5S/c1-3-5-16(13-17-7-10-19(24)11-8-17)9-12-20(25)22-18(6-4-2)15-28(26,27)21(22)14-23/h7-8,10-11,13,20-21,23-25H,3-6,9,12,14-15H2,1-2H3/b16-13+/t20-,21+/m1/s1. The van der Waals surface area contributed by atoms with Crippen molar-refractivity contribution in [2.24, 2.45) is 0 Å². The van der Waals surface area contributed by atoms with Crippen molar-refractivity contribution in [3.63, 3.8) is 0 Å². The smallest absolute Gasteiger partial charge is 0.163 e. The third-order valence-electron chi connectivity index (χ3n) is 5.21. The van der Waals surface area contributed by atoms with Gasteiger partial charge in [0, 0.05) is 0 Å². The molecule has 0 unspecified atom stereocenters. The van der Waals surface area contributed by atoms with E-state index in [9.17, 15) is 23.7 Å². The van der Waals surface area contributed by atoms with Crippen molar-refractivity contribution in [3.8, 4) is 5.75 Å². The van der Waals surface area contributed by atoms with Gasteiger partial charge in [0.2, 0.25) is 0 Å². The predicted molar refractivity (Wildman–Crippen MR) is 113 cm³/mol. The summed E-state index contributed by atoms with van der Waals surface area (Å²) in [7, 11) is -3.43. The second kappa shape index (κ2) is 10.2. The fraction of sp³-hybridized carbons (Fsp3) is 0.545. The Labute approximate surface area is 168 Å². The molecule has 0 aromatic heterocycles. The highest BCUT2D eigenvalue weighted by atomic mass is 32.2. The summed E-state index contributed by atoms with van der Waals surface area (Å²) in [6.07, 6.45) is 5.57. The molecule has 2 rings (SSSR count). The van der Waals surface area contributed by atoms with Crippen LogP contribution in [-0.2, 0) is 9.84 Å². The Morgan fingerprint density at radius 3 is 2.43 bits per heavy atom. The average Bonchev–Trinajstić information content (AvgIpc) is 2.91. The van der Waals surface area contributed by atoms with Gasteiger partial charge in [-0.25, -0.2) is 8.42 Å². The monoisotopic (exact) mass is 408 g/mol. The zero-order valence-electron chi connectivity index (χ0n) is 16.8. The van der Waals surface area contributed by atoms with Gasteiger partial charge in [0.1, 0.15) is 11.0 Å². The minimum absolute atomic E-state index is 0.0520. The van der Waals surface area contributed by atoms with E-state index in [1.54, 1.807) is 12.1 Å². The van der Waals surface area contributed by atoms with Gasteiger partial charge in [-0.1, -0.05) is 56.0 Å². The van der Waals surface area contributed by atoms with E-state index in [-0.39, 0.29) is 11.5 Å².